The summed E-state index contributed by atoms with van der Waals surface area (Å²) in [7, 11) is 1.59. The zero-order valence-corrected chi connectivity index (χ0v) is 17.2. The molecule has 1 N–H and O–H groups in total. The predicted molar refractivity (Wildman–Crippen MR) is 110 cm³/mol. The summed E-state index contributed by atoms with van der Waals surface area (Å²) in [5.74, 6) is 0.532. The van der Waals surface area contributed by atoms with Crippen molar-refractivity contribution in [2.24, 2.45) is 0 Å². The Kier molecular flexibility index (Phi) is 7.62. The number of methoxy groups -OCH3 is 1. The fourth-order valence-corrected chi connectivity index (χ4v) is 3.69. The number of nitrogens with one attached hydrogen (secondary N) is 1. The number of rotatable bonds is 10. The molecule has 2 amide bonds. The van der Waals surface area contributed by atoms with E-state index in [4.69, 9.17) is 14.2 Å². The third-order valence-electron chi connectivity index (χ3n) is 4.49. The lowest BCUT2D eigenvalue weighted by atomic mass is 10.1. The van der Waals surface area contributed by atoms with Crippen LogP contribution in [0, 0.1) is 0 Å². The molecule has 2 heterocycles. The van der Waals surface area contributed by atoms with Crippen LogP contribution in [0.25, 0.3) is 0 Å². The summed E-state index contributed by atoms with van der Waals surface area (Å²) < 4.78 is 16.2. The number of nitrogens with zero attached hydrogens (tertiary/aromatic N) is 1. The first-order valence-corrected chi connectivity index (χ1v) is 10.2. The van der Waals surface area contributed by atoms with Crippen LogP contribution < -0.4 is 10.1 Å². The maximum absolute atomic E-state index is 11.6. The minimum atomic E-state index is -0.356. The summed E-state index contributed by atoms with van der Waals surface area (Å²) in [5, 5.41) is 1.67. The summed E-state index contributed by atoms with van der Waals surface area (Å²) in [6.45, 7) is 2.72. The molecule has 0 radical (unpaired) electrons. The van der Waals surface area contributed by atoms with Gasteiger partial charge in [0.25, 0.3) is 5.24 Å². The highest BCUT2D eigenvalue weighted by Gasteiger charge is 2.31. The number of carbonyl (C=O) groups excluding carboxylic acids is 2. The van der Waals surface area contributed by atoms with Crippen LogP contribution >= 0.6 is 11.8 Å². The van der Waals surface area contributed by atoms with Gasteiger partial charge in [-0.3, -0.25) is 19.9 Å². The van der Waals surface area contributed by atoms with Crippen LogP contribution in [-0.4, -0.2) is 41.9 Å². The van der Waals surface area contributed by atoms with E-state index in [1.165, 1.54) is 0 Å². The molecule has 1 aromatic carbocycles. The van der Waals surface area contributed by atoms with Gasteiger partial charge >= 0.3 is 0 Å². The van der Waals surface area contributed by atoms with Crippen molar-refractivity contribution in [2.75, 3.05) is 20.5 Å². The maximum Gasteiger partial charge on any atom is 0.286 e. The molecule has 1 saturated heterocycles. The number of thioether (sulfide) groups is 1. The Balaban J connectivity index is 1.43. The van der Waals surface area contributed by atoms with Crippen LogP contribution in [-0.2, 0) is 27.1 Å². The van der Waals surface area contributed by atoms with E-state index in [0.29, 0.717) is 19.4 Å². The second-order valence-electron chi connectivity index (χ2n) is 6.63. The van der Waals surface area contributed by atoms with Crippen LogP contribution in [0.3, 0.4) is 0 Å². The Morgan fingerprint density at radius 1 is 1.17 bits per heavy atom. The second-order valence-corrected chi connectivity index (χ2v) is 7.80. The van der Waals surface area contributed by atoms with E-state index in [9.17, 15) is 9.59 Å². The van der Waals surface area contributed by atoms with E-state index in [-0.39, 0.29) is 29.3 Å². The second kappa shape index (κ2) is 10.4. The minimum Gasteiger partial charge on any atom is -0.493 e. The highest BCUT2D eigenvalue weighted by molar-refractivity contribution is 8.15. The molecular weight excluding hydrogens is 392 g/mol. The predicted octanol–water partition coefficient (Wildman–Crippen LogP) is 3.28. The van der Waals surface area contributed by atoms with Crippen molar-refractivity contribution in [2.45, 2.75) is 31.1 Å². The number of hydrogen-bond donors (Lipinski definition) is 1. The first kappa shape index (κ1) is 21.3. The van der Waals surface area contributed by atoms with Crippen molar-refractivity contribution < 1.29 is 23.8 Å². The van der Waals surface area contributed by atoms with Gasteiger partial charge in [0.15, 0.2) is 0 Å². The van der Waals surface area contributed by atoms with Crippen molar-refractivity contribution >= 4 is 22.9 Å². The van der Waals surface area contributed by atoms with E-state index in [1.54, 1.807) is 7.11 Å². The van der Waals surface area contributed by atoms with Crippen molar-refractivity contribution in [3.8, 4) is 5.75 Å². The van der Waals surface area contributed by atoms with E-state index < -0.39 is 0 Å². The molecule has 29 heavy (non-hydrogen) atoms. The summed E-state index contributed by atoms with van der Waals surface area (Å²) in [5.41, 5.74) is 2.93. The van der Waals surface area contributed by atoms with E-state index in [2.05, 4.69) is 10.3 Å². The zero-order valence-electron chi connectivity index (χ0n) is 16.4. The van der Waals surface area contributed by atoms with Gasteiger partial charge in [-0.05, 0) is 42.7 Å². The molecule has 154 valence electrons. The molecule has 8 heteroatoms. The van der Waals surface area contributed by atoms with Gasteiger partial charge in [0.1, 0.15) is 12.5 Å². The highest BCUT2D eigenvalue weighted by atomic mass is 32.2. The summed E-state index contributed by atoms with van der Waals surface area (Å²) in [6.07, 6.45) is 2.95. The standard InChI is InChI=1S/C21H24N2O5S/c1-14(28-13-26-2)16-5-6-17(22-12-16)9-10-27-18-7-3-15(4-8-18)11-19-20(24)23-21(25)29-19/h3-8,12,14,19H,9-11,13H2,1-2H3,(H,23,24,25). The molecule has 2 unspecified atom stereocenters. The van der Waals surface area contributed by atoms with E-state index in [1.807, 2.05) is 49.5 Å². The molecule has 1 aliphatic rings. The van der Waals surface area contributed by atoms with Crippen LogP contribution in [0.4, 0.5) is 4.79 Å². The number of hydrogen-bond acceptors (Lipinski definition) is 7. The molecule has 2 aromatic rings. The van der Waals surface area contributed by atoms with E-state index >= 15 is 0 Å². The van der Waals surface area contributed by atoms with Gasteiger partial charge in [0.05, 0.1) is 18.0 Å². The smallest absolute Gasteiger partial charge is 0.286 e. The van der Waals surface area contributed by atoms with Gasteiger partial charge in [-0.15, -0.1) is 0 Å². The number of carbonyl (C=O) groups is 2. The van der Waals surface area contributed by atoms with Crippen LogP contribution in [0.15, 0.2) is 42.6 Å². The number of imide groups is 1. The number of pyridine rings is 1. The van der Waals surface area contributed by atoms with Crippen LogP contribution in [0.1, 0.15) is 29.8 Å². The molecule has 0 bridgehead atoms. The molecule has 1 fully saturated rings. The Morgan fingerprint density at radius 3 is 2.59 bits per heavy atom. The lowest BCUT2D eigenvalue weighted by Gasteiger charge is -2.12. The fraction of sp³-hybridized carbons (Fsp3) is 0.381. The van der Waals surface area contributed by atoms with Crippen molar-refractivity contribution in [1.29, 1.82) is 0 Å². The molecule has 1 aliphatic heterocycles. The topological polar surface area (TPSA) is 86.8 Å². The summed E-state index contributed by atoms with van der Waals surface area (Å²) in [4.78, 5) is 27.3. The first-order chi connectivity index (χ1) is 14.0. The quantitative estimate of drug-likeness (QED) is 0.595. The molecule has 0 spiro atoms. The summed E-state index contributed by atoms with van der Waals surface area (Å²) in [6, 6.07) is 11.6. The van der Waals surface area contributed by atoms with Gasteiger partial charge in [-0.2, -0.15) is 0 Å². The number of ether oxygens (including phenoxy) is 3. The van der Waals surface area contributed by atoms with Crippen LogP contribution in [0.5, 0.6) is 5.75 Å². The Morgan fingerprint density at radius 2 is 1.97 bits per heavy atom. The number of benzene rings is 1. The SMILES string of the molecule is COCOC(C)c1ccc(CCOc2ccc(CC3SC(=O)NC3=O)cc2)nc1. The third-order valence-corrected chi connectivity index (χ3v) is 5.47. The molecule has 7 nitrogen and oxygen atoms in total. The third kappa shape index (κ3) is 6.28. The fourth-order valence-electron chi connectivity index (χ4n) is 2.83. The lowest BCUT2D eigenvalue weighted by molar-refractivity contribution is -0.118. The van der Waals surface area contributed by atoms with Gasteiger partial charge in [-0.25, -0.2) is 0 Å². The zero-order chi connectivity index (χ0) is 20.6. The van der Waals surface area contributed by atoms with Crippen molar-refractivity contribution in [1.82, 2.24) is 10.3 Å². The van der Waals surface area contributed by atoms with Gasteiger partial charge < -0.3 is 14.2 Å². The van der Waals surface area contributed by atoms with Gasteiger partial charge in [-0.1, -0.05) is 30.0 Å². The molecular formula is C21H24N2O5S. The molecule has 3 rings (SSSR count). The maximum atomic E-state index is 11.6. The first-order valence-electron chi connectivity index (χ1n) is 9.33. The minimum absolute atomic E-state index is 0.0712. The Labute approximate surface area is 174 Å². The van der Waals surface area contributed by atoms with E-state index in [0.717, 1.165) is 34.3 Å². The number of amides is 2. The normalized spacial score (nSPS) is 17.2. The van der Waals surface area contributed by atoms with Crippen molar-refractivity contribution in [3.63, 3.8) is 0 Å². The van der Waals surface area contributed by atoms with Gasteiger partial charge in [0, 0.05) is 25.4 Å². The Bertz CT molecular complexity index is 826. The summed E-state index contributed by atoms with van der Waals surface area (Å²) >= 11 is 1.04. The molecule has 0 aliphatic carbocycles. The highest BCUT2D eigenvalue weighted by Crippen LogP contribution is 2.24. The number of aromatic nitrogens is 1. The van der Waals surface area contributed by atoms with Crippen LogP contribution in [0.2, 0.25) is 0 Å². The van der Waals surface area contributed by atoms with Crippen molar-refractivity contribution in [3.05, 3.63) is 59.4 Å². The molecule has 0 saturated carbocycles. The average molecular weight is 416 g/mol. The molecule has 2 atom stereocenters. The lowest BCUT2D eigenvalue weighted by Crippen LogP contribution is -2.25. The largest absolute Gasteiger partial charge is 0.493 e. The monoisotopic (exact) mass is 416 g/mol. The van der Waals surface area contributed by atoms with Gasteiger partial charge in [0.2, 0.25) is 5.91 Å². The average Bonchev–Trinajstić information content (AvgIpc) is 3.04. The molecule has 1 aromatic heterocycles. The Hall–Kier alpha value is -2.42.